The van der Waals surface area contributed by atoms with Crippen LogP contribution < -0.4 is 22.3 Å². The van der Waals surface area contributed by atoms with Gasteiger partial charge in [0.2, 0.25) is 11.5 Å². The third-order valence-electron chi connectivity index (χ3n) is 5.13. The molecule has 0 aliphatic rings. The fourth-order valence-electron chi connectivity index (χ4n) is 3.32. The first-order chi connectivity index (χ1) is 16.2. The summed E-state index contributed by atoms with van der Waals surface area (Å²) in [4.78, 5) is 56.3. The number of methoxy groups -OCH3 is 1. The van der Waals surface area contributed by atoms with Crippen molar-refractivity contribution in [2.24, 2.45) is 10.9 Å². The van der Waals surface area contributed by atoms with E-state index in [9.17, 15) is 19.2 Å². The van der Waals surface area contributed by atoms with Crippen molar-refractivity contribution in [2.45, 2.75) is 33.9 Å². The highest BCUT2D eigenvalue weighted by Gasteiger charge is 2.18. The second-order valence-electron chi connectivity index (χ2n) is 7.98. The lowest BCUT2D eigenvalue weighted by molar-refractivity contribution is -0.145. The molecule has 1 amide bonds. The molecule has 2 N–H and O–H groups in total. The van der Waals surface area contributed by atoms with Crippen LogP contribution in [0.2, 0.25) is 0 Å². The maximum atomic E-state index is 13.3. The number of hydrogen-bond donors (Lipinski definition) is 2. The number of carbonyl (C=O) groups is 2. The summed E-state index contributed by atoms with van der Waals surface area (Å²) in [5.41, 5.74) is 1.75. The Hall–Kier alpha value is -4.21. The van der Waals surface area contributed by atoms with Crippen LogP contribution in [-0.4, -0.2) is 33.1 Å². The summed E-state index contributed by atoms with van der Waals surface area (Å²) >= 11 is 0. The average Bonchev–Trinajstić information content (AvgIpc) is 2.80. The van der Waals surface area contributed by atoms with Crippen molar-refractivity contribution in [3.05, 3.63) is 86.2 Å². The van der Waals surface area contributed by atoms with Gasteiger partial charge in [-0.2, -0.15) is 0 Å². The summed E-state index contributed by atoms with van der Waals surface area (Å²) in [5.74, 6) is -1.42. The third kappa shape index (κ3) is 5.97. The Bertz CT molecular complexity index is 1370. The molecule has 0 bridgehead atoms. The second kappa shape index (κ2) is 10.6. The minimum absolute atomic E-state index is 0.0600. The van der Waals surface area contributed by atoms with Gasteiger partial charge < -0.3 is 10.1 Å². The predicted molar refractivity (Wildman–Crippen MR) is 127 cm³/mol. The molecule has 1 aromatic heterocycles. The van der Waals surface area contributed by atoms with E-state index in [2.05, 4.69) is 15.3 Å². The molecule has 10 nitrogen and oxygen atoms in total. The average molecular weight is 466 g/mol. The molecule has 1 heterocycles. The lowest BCUT2D eigenvalue weighted by atomic mass is 10.1. The molecule has 178 valence electrons. The van der Waals surface area contributed by atoms with Crippen LogP contribution in [0.5, 0.6) is 0 Å². The van der Waals surface area contributed by atoms with Gasteiger partial charge in [0.05, 0.1) is 25.3 Å². The highest BCUT2D eigenvalue weighted by atomic mass is 16.5. The van der Waals surface area contributed by atoms with Gasteiger partial charge in [-0.05, 0) is 36.8 Å². The van der Waals surface area contributed by atoms with E-state index in [1.807, 2.05) is 31.2 Å². The number of aryl methyl sites for hydroxylation is 1. The lowest BCUT2D eigenvalue weighted by Gasteiger charge is -2.14. The Balaban J connectivity index is 2.12. The Labute approximate surface area is 195 Å². The van der Waals surface area contributed by atoms with Crippen LogP contribution in [0.15, 0.2) is 63.1 Å². The monoisotopic (exact) mass is 465 g/mol. The molecule has 3 rings (SSSR count). The molecule has 1 atom stereocenters. The van der Waals surface area contributed by atoms with E-state index in [1.54, 1.807) is 31.2 Å². The summed E-state index contributed by atoms with van der Waals surface area (Å²) in [6, 6.07) is 14.3. The van der Waals surface area contributed by atoms with Crippen molar-refractivity contribution >= 4 is 23.3 Å². The highest BCUT2D eigenvalue weighted by molar-refractivity contribution is 5.88. The van der Waals surface area contributed by atoms with Crippen molar-refractivity contribution in [1.29, 1.82) is 0 Å². The van der Waals surface area contributed by atoms with Gasteiger partial charge >= 0.3 is 17.3 Å². The van der Waals surface area contributed by atoms with E-state index in [0.29, 0.717) is 11.4 Å². The number of aromatic amines is 1. The van der Waals surface area contributed by atoms with Crippen molar-refractivity contribution in [1.82, 2.24) is 14.1 Å². The van der Waals surface area contributed by atoms with E-state index in [4.69, 9.17) is 4.74 Å². The van der Waals surface area contributed by atoms with E-state index >= 15 is 0 Å². The van der Waals surface area contributed by atoms with Gasteiger partial charge in [-0.3, -0.25) is 19.1 Å². The fraction of sp³-hybridized carbons (Fsp3) is 0.292. The van der Waals surface area contributed by atoms with E-state index in [-0.39, 0.29) is 24.6 Å². The Morgan fingerprint density at radius 2 is 1.71 bits per heavy atom. The van der Waals surface area contributed by atoms with Crippen molar-refractivity contribution in [2.75, 3.05) is 12.4 Å². The molecule has 0 unspecified atom stereocenters. The molecule has 34 heavy (non-hydrogen) atoms. The van der Waals surface area contributed by atoms with Crippen LogP contribution in [-0.2, 0) is 27.4 Å². The zero-order chi connectivity index (χ0) is 24.8. The number of hydrogen-bond acceptors (Lipinski definition) is 6. The van der Waals surface area contributed by atoms with E-state index < -0.39 is 23.3 Å². The van der Waals surface area contributed by atoms with Crippen molar-refractivity contribution in [3.8, 4) is 0 Å². The van der Waals surface area contributed by atoms with Gasteiger partial charge in [0, 0.05) is 19.2 Å². The van der Waals surface area contributed by atoms with Crippen LogP contribution in [0.4, 0.5) is 11.4 Å². The minimum Gasteiger partial charge on any atom is -0.469 e. The molecule has 0 fully saturated rings. The molecule has 0 radical (unpaired) electrons. The summed E-state index contributed by atoms with van der Waals surface area (Å²) in [7, 11) is 1.25. The van der Waals surface area contributed by atoms with Crippen molar-refractivity contribution in [3.63, 3.8) is 0 Å². The lowest BCUT2D eigenvalue weighted by Crippen LogP contribution is -2.51. The van der Waals surface area contributed by atoms with E-state index in [0.717, 1.165) is 15.7 Å². The first kappa shape index (κ1) is 24.4. The first-order valence-electron chi connectivity index (χ1n) is 10.7. The van der Waals surface area contributed by atoms with Gasteiger partial charge in [-0.15, -0.1) is 0 Å². The van der Waals surface area contributed by atoms with Crippen LogP contribution in [0.3, 0.4) is 0 Å². The SMILES string of the molecule is COC(=O)[C@@H](C)Cn1c(=O)[nH]/c(=N\c2ccc(NC(C)=O)cc2)n(Cc2ccc(C)cc2)c1=O. The molecule has 3 aromatic rings. The third-order valence-corrected chi connectivity index (χ3v) is 5.13. The number of ether oxygens (including phenoxy) is 1. The molecular formula is C24H27N5O5. The van der Waals surface area contributed by atoms with Crippen LogP contribution in [0, 0.1) is 12.8 Å². The largest absolute Gasteiger partial charge is 0.469 e. The number of nitrogens with zero attached hydrogens (tertiary/aromatic N) is 3. The quantitative estimate of drug-likeness (QED) is 0.514. The summed E-state index contributed by atoms with van der Waals surface area (Å²) < 4.78 is 7.03. The summed E-state index contributed by atoms with van der Waals surface area (Å²) in [5, 5.41) is 2.67. The number of H-pyrrole nitrogens is 1. The zero-order valence-corrected chi connectivity index (χ0v) is 19.5. The maximum absolute atomic E-state index is 13.3. The molecule has 0 saturated heterocycles. The Kier molecular flexibility index (Phi) is 7.62. The standard InChI is InChI=1S/C24H27N5O5/c1-15-5-7-18(8-6-15)14-28-22(26-20-11-9-19(10-12-20)25-17(3)30)27-23(32)29(24(28)33)13-16(2)21(31)34-4/h5-12,16H,13-14H2,1-4H3,(H,25,30)(H,26,27,32)/t16-/m0/s1. The molecule has 2 aromatic carbocycles. The van der Waals surface area contributed by atoms with Crippen LogP contribution in [0.1, 0.15) is 25.0 Å². The number of rotatable bonds is 7. The van der Waals surface area contributed by atoms with Gasteiger partial charge in [-0.25, -0.2) is 19.1 Å². The molecule has 0 aliphatic heterocycles. The number of esters is 1. The Morgan fingerprint density at radius 1 is 1.06 bits per heavy atom. The number of amides is 1. The van der Waals surface area contributed by atoms with Crippen molar-refractivity contribution < 1.29 is 14.3 Å². The summed E-state index contributed by atoms with van der Waals surface area (Å²) in [6.07, 6.45) is 0. The number of benzene rings is 2. The number of carbonyl (C=O) groups excluding carboxylic acids is 2. The molecular weight excluding hydrogens is 438 g/mol. The molecule has 0 aliphatic carbocycles. The summed E-state index contributed by atoms with van der Waals surface area (Å²) in [6.45, 7) is 4.97. The minimum atomic E-state index is -0.694. The van der Waals surface area contributed by atoms with Crippen LogP contribution in [0.25, 0.3) is 0 Å². The molecule has 0 saturated carbocycles. The number of nitrogens with one attached hydrogen (secondary N) is 2. The fourth-order valence-corrected chi connectivity index (χ4v) is 3.32. The Morgan fingerprint density at radius 3 is 2.29 bits per heavy atom. The predicted octanol–water partition coefficient (Wildman–Crippen LogP) is 1.69. The van der Waals surface area contributed by atoms with Gasteiger partial charge in [0.15, 0.2) is 0 Å². The molecule has 10 heteroatoms. The number of anilines is 1. The van der Waals surface area contributed by atoms with Gasteiger partial charge in [-0.1, -0.05) is 36.8 Å². The van der Waals surface area contributed by atoms with Gasteiger partial charge in [0.25, 0.3) is 0 Å². The van der Waals surface area contributed by atoms with Crippen LogP contribution >= 0.6 is 0 Å². The number of aromatic nitrogens is 3. The second-order valence-corrected chi connectivity index (χ2v) is 7.98. The van der Waals surface area contributed by atoms with E-state index in [1.165, 1.54) is 18.6 Å². The highest BCUT2D eigenvalue weighted by Crippen LogP contribution is 2.15. The molecule has 0 spiro atoms. The van der Waals surface area contributed by atoms with Gasteiger partial charge in [0.1, 0.15) is 0 Å². The smallest absolute Gasteiger partial charge is 0.335 e. The normalized spacial score (nSPS) is 12.3. The zero-order valence-electron chi connectivity index (χ0n) is 19.5. The topological polar surface area (TPSA) is 128 Å². The maximum Gasteiger partial charge on any atom is 0.335 e. The first-order valence-corrected chi connectivity index (χ1v) is 10.7.